The first-order valence-electron chi connectivity index (χ1n) is 5.20. The summed E-state index contributed by atoms with van der Waals surface area (Å²) in [6, 6.07) is 5.03. The third kappa shape index (κ3) is 4.20. The SMILES string of the molecule is CC(C)CC(C)Nc1cc(F)ccc1Br. The van der Waals surface area contributed by atoms with Gasteiger partial charge in [0, 0.05) is 10.5 Å². The normalized spacial score (nSPS) is 12.9. The van der Waals surface area contributed by atoms with Gasteiger partial charge in [-0.1, -0.05) is 13.8 Å². The third-order valence-corrected chi connectivity index (χ3v) is 2.85. The maximum atomic E-state index is 13.0. The second kappa shape index (κ2) is 5.50. The van der Waals surface area contributed by atoms with E-state index in [0.29, 0.717) is 12.0 Å². The number of halogens is 2. The van der Waals surface area contributed by atoms with Crippen LogP contribution in [0, 0.1) is 11.7 Å². The predicted molar refractivity (Wildman–Crippen MR) is 66.6 cm³/mol. The van der Waals surface area contributed by atoms with Gasteiger partial charge in [-0.2, -0.15) is 0 Å². The van der Waals surface area contributed by atoms with Crippen molar-refractivity contribution in [1.82, 2.24) is 0 Å². The van der Waals surface area contributed by atoms with Crippen molar-refractivity contribution in [3.05, 3.63) is 28.5 Å². The van der Waals surface area contributed by atoms with Crippen LogP contribution in [0.25, 0.3) is 0 Å². The molecule has 0 aromatic heterocycles. The summed E-state index contributed by atoms with van der Waals surface area (Å²) < 4.78 is 13.9. The van der Waals surface area contributed by atoms with Gasteiger partial charge in [0.05, 0.1) is 5.69 Å². The second-order valence-electron chi connectivity index (χ2n) is 4.30. The zero-order valence-corrected chi connectivity index (χ0v) is 10.9. The molecule has 84 valence electrons. The molecule has 1 atom stereocenters. The Bertz CT molecular complexity index is 325. The topological polar surface area (TPSA) is 12.0 Å². The molecular formula is C12H17BrFN. The first-order valence-corrected chi connectivity index (χ1v) is 6.00. The highest BCUT2D eigenvalue weighted by molar-refractivity contribution is 9.10. The summed E-state index contributed by atoms with van der Waals surface area (Å²) in [6.07, 6.45) is 1.07. The van der Waals surface area contributed by atoms with E-state index in [1.54, 1.807) is 6.07 Å². The van der Waals surface area contributed by atoms with E-state index >= 15 is 0 Å². The molecule has 0 heterocycles. The lowest BCUT2D eigenvalue weighted by molar-refractivity contribution is 0.539. The molecule has 1 nitrogen and oxygen atoms in total. The van der Waals surface area contributed by atoms with E-state index in [2.05, 4.69) is 42.0 Å². The molecule has 0 saturated heterocycles. The highest BCUT2D eigenvalue weighted by Gasteiger charge is 2.07. The number of anilines is 1. The van der Waals surface area contributed by atoms with Crippen LogP contribution in [-0.2, 0) is 0 Å². The molecule has 0 aliphatic heterocycles. The van der Waals surface area contributed by atoms with E-state index in [9.17, 15) is 4.39 Å². The van der Waals surface area contributed by atoms with Crippen molar-refractivity contribution in [2.45, 2.75) is 33.2 Å². The molecule has 0 aliphatic carbocycles. The Morgan fingerprint density at radius 3 is 2.60 bits per heavy atom. The van der Waals surface area contributed by atoms with Gasteiger partial charge < -0.3 is 5.32 Å². The van der Waals surface area contributed by atoms with Gasteiger partial charge in [0.25, 0.3) is 0 Å². The van der Waals surface area contributed by atoms with E-state index < -0.39 is 0 Å². The molecule has 1 unspecified atom stereocenters. The summed E-state index contributed by atoms with van der Waals surface area (Å²) in [5.41, 5.74) is 0.822. The molecule has 0 saturated carbocycles. The van der Waals surface area contributed by atoms with Crippen molar-refractivity contribution < 1.29 is 4.39 Å². The van der Waals surface area contributed by atoms with Gasteiger partial charge in [0.15, 0.2) is 0 Å². The van der Waals surface area contributed by atoms with Gasteiger partial charge in [0.1, 0.15) is 5.82 Å². The largest absolute Gasteiger partial charge is 0.382 e. The quantitative estimate of drug-likeness (QED) is 0.856. The van der Waals surface area contributed by atoms with Crippen LogP contribution >= 0.6 is 15.9 Å². The highest BCUT2D eigenvalue weighted by Crippen LogP contribution is 2.24. The van der Waals surface area contributed by atoms with E-state index in [-0.39, 0.29) is 5.82 Å². The lowest BCUT2D eigenvalue weighted by Crippen LogP contribution is -2.17. The van der Waals surface area contributed by atoms with Crippen LogP contribution in [0.2, 0.25) is 0 Å². The highest BCUT2D eigenvalue weighted by atomic mass is 79.9. The Morgan fingerprint density at radius 1 is 1.33 bits per heavy atom. The zero-order chi connectivity index (χ0) is 11.4. The molecule has 0 fully saturated rings. The van der Waals surface area contributed by atoms with Crippen LogP contribution in [0.5, 0.6) is 0 Å². The van der Waals surface area contributed by atoms with Crippen LogP contribution < -0.4 is 5.32 Å². The summed E-state index contributed by atoms with van der Waals surface area (Å²) >= 11 is 3.40. The maximum absolute atomic E-state index is 13.0. The fourth-order valence-electron chi connectivity index (χ4n) is 1.64. The average Bonchev–Trinajstić information content (AvgIpc) is 2.10. The zero-order valence-electron chi connectivity index (χ0n) is 9.35. The molecule has 0 spiro atoms. The molecule has 1 N–H and O–H groups in total. The first-order chi connectivity index (χ1) is 6.99. The minimum absolute atomic E-state index is 0.211. The van der Waals surface area contributed by atoms with Gasteiger partial charge >= 0.3 is 0 Å². The predicted octanol–water partition coefficient (Wildman–Crippen LogP) is 4.43. The van der Waals surface area contributed by atoms with Gasteiger partial charge in [-0.05, 0) is 53.4 Å². The molecule has 15 heavy (non-hydrogen) atoms. The van der Waals surface area contributed by atoms with Gasteiger partial charge in [-0.25, -0.2) is 4.39 Å². The molecule has 0 amide bonds. The summed E-state index contributed by atoms with van der Waals surface area (Å²) in [4.78, 5) is 0. The average molecular weight is 274 g/mol. The monoisotopic (exact) mass is 273 g/mol. The van der Waals surface area contributed by atoms with Crippen LogP contribution in [-0.4, -0.2) is 6.04 Å². The number of hydrogen-bond acceptors (Lipinski definition) is 1. The molecule has 3 heteroatoms. The van der Waals surface area contributed by atoms with Crippen molar-refractivity contribution in [2.75, 3.05) is 5.32 Å². The van der Waals surface area contributed by atoms with Crippen LogP contribution in [0.4, 0.5) is 10.1 Å². The summed E-state index contributed by atoms with van der Waals surface area (Å²) in [5.74, 6) is 0.428. The standard InChI is InChI=1S/C12H17BrFN/c1-8(2)6-9(3)15-12-7-10(14)4-5-11(12)13/h4-5,7-9,15H,6H2,1-3H3. The van der Waals surface area contributed by atoms with E-state index in [4.69, 9.17) is 0 Å². The Balaban J connectivity index is 2.67. The molecule has 1 aromatic carbocycles. The van der Waals surface area contributed by atoms with Gasteiger partial charge in [-0.15, -0.1) is 0 Å². The Kier molecular flexibility index (Phi) is 4.58. The summed E-state index contributed by atoms with van der Waals surface area (Å²) in [7, 11) is 0. The van der Waals surface area contributed by atoms with Crippen molar-refractivity contribution in [1.29, 1.82) is 0 Å². The lowest BCUT2D eigenvalue weighted by Gasteiger charge is -2.18. The van der Waals surface area contributed by atoms with Crippen molar-refractivity contribution in [2.24, 2.45) is 5.92 Å². The molecular weight excluding hydrogens is 257 g/mol. The van der Waals surface area contributed by atoms with Gasteiger partial charge in [0.2, 0.25) is 0 Å². The van der Waals surface area contributed by atoms with Crippen molar-refractivity contribution in [3.63, 3.8) is 0 Å². The molecule has 0 bridgehead atoms. The van der Waals surface area contributed by atoms with E-state index in [0.717, 1.165) is 16.6 Å². The second-order valence-corrected chi connectivity index (χ2v) is 5.15. The van der Waals surface area contributed by atoms with E-state index in [1.165, 1.54) is 12.1 Å². The Morgan fingerprint density at radius 2 is 2.00 bits per heavy atom. The third-order valence-electron chi connectivity index (χ3n) is 2.16. The Hall–Kier alpha value is -0.570. The van der Waals surface area contributed by atoms with Crippen LogP contribution in [0.15, 0.2) is 22.7 Å². The molecule has 0 aliphatic rings. The van der Waals surface area contributed by atoms with Crippen molar-refractivity contribution >= 4 is 21.6 Å². The van der Waals surface area contributed by atoms with Gasteiger partial charge in [-0.3, -0.25) is 0 Å². The molecule has 1 aromatic rings. The van der Waals surface area contributed by atoms with E-state index in [1.807, 2.05) is 0 Å². The number of rotatable bonds is 4. The molecule has 1 rings (SSSR count). The maximum Gasteiger partial charge on any atom is 0.125 e. The fraction of sp³-hybridized carbons (Fsp3) is 0.500. The summed E-state index contributed by atoms with van der Waals surface area (Å²) in [5, 5.41) is 3.30. The minimum Gasteiger partial charge on any atom is -0.382 e. The lowest BCUT2D eigenvalue weighted by atomic mass is 10.1. The smallest absolute Gasteiger partial charge is 0.125 e. The number of nitrogens with one attached hydrogen (secondary N) is 1. The minimum atomic E-state index is -0.211. The summed E-state index contributed by atoms with van der Waals surface area (Å²) in [6.45, 7) is 6.47. The van der Waals surface area contributed by atoms with Crippen LogP contribution in [0.1, 0.15) is 27.2 Å². The Labute approximate surface area is 99.2 Å². The number of hydrogen-bond donors (Lipinski definition) is 1. The molecule has 0 radical (unpaired) electrons. The van der Waals surface area contributed by atoms with Crippen molar-refractivity contribution in [3.8, 4) is 0 Å². The van der Waals surface area contributed by atoms with Crippen LogP contribution in [0.3, 0.4) is 0 Å². The fourth-order valence-corrected chi connectivity index (χ4v) is 2.00. The first kappa shape index (κ1) is 12.5. The number of benzene rings is 1.